The number of nitrogens with two attached hydrogens (primary N) is 1. The van der Waals surface area contributed by atoms with E-state index in [9.17, 15) is 0 Å². The molecule has 1 unspecified atom stereocenters. The Morgan fingerprint density at radius 2 is 2.00 bits per heavy atom. The molecular formula is C19H24IN3. The van der Waals surface area contributed by atoms with E-state index in [2.05, 4.69) is 60.6 Å². The zero-order chi connectivity index (χ0) is 15.5. The van der Waals surface area contributed by atoms with Crippen LogP contribution in [0.3, 0.4) is 0 Å². The van der Waals surface area contributed by atoms with Gasteiger partial charge in [0.1, 0.15) is 0 Å². The Morgan fingerprint density at radius 1 is 1.22 bits per heavy atom. The Hall–Kier alpha value is -1.56. The molecule has 0 saturated heterocycles. The van der Waals surface area contributed by atoms with E-state index in [0.717, 1.165) is 18.7 Å². The smallest absolute Gasteiger partial charge is 0.193 e. The van der Waals surface area contributed by atoms with Crippen LogP contribution in [-0.2, 0) is 6.42 Å². The third-order valence-electron chi connectivity index (χ3n) is 4.27. The minimum absolute atomic E-state index is 0. The molecule has 0 aliphatic heterocycles. The third-order valence-corrected chi connectivity index (χ3v) is 4.27. The molecule has 0 amide bonds. The fourth-order valence-electron chi connectivity index (χ4n) is 2.90. The zero-order valence-corrected chi connectivity index (χ0v) is 16.0. The highest BCUT2D eigenvalue weighted by Crippen LogP contribution is 2.34. The molecule has 23 heavy (non-hydrogen) atoms. The Labute approximate surface area is 155 Å². The van der Waals surface area contributed by atoms with Crippen LogP contribution < -0.4 is 11.1 Å². The number of nitrogens with one attached hydrogen (secondary N) is 1. The second kappa shape index (κ2) is 7.81. The Morgan fingerprint density at radius 3 is 2.74 bits per heavy atom. The Bertz CT molecular complexity index is 695. The van der Waals surface area contributed by atoms with Crippen LogP contribution >= 0.6 is 24.0 Å². The van der Waals surface area contributed by atoms with Crippen LogP contribution in [0.5, 0.6) is 0 Å². The zero-order valence-electron chi connectivity index (χ0n) is 13.6. The van der Waals surface area contributed by atoms with Gasteiger partial charge in [0.15, 0.2) is 5.96 Å². The number of aliphatic imine (C=N–C) groups is 1. The van der Waals surface area contributed by atoms with Crippen LogP contribution in [0.4, 0.5) is 5.69 Å². The van der Waals surface area contributed by atoms with Gasteiger partial charge in [-0.3, -0.25) is 4.99 Å². The van der Waals surface area contributed by atoms with Gasteiger partial charge < -0.3 is 11.1 Å². The van der Waals surface area contributed by atoms with Crippen molar-refractivity contribution in [2.45, 2.75) is 32.1 Å². The van der Waals surface area contributed by atoms with Gasteiger partial charge in [-0.15, -0.1) is 24.0 Å². The fourth-order valence-corrected chi connectivity index (χ4v) is 2.90. The number of hydrogen-bond donors (Lipinski definition) is 2. The van der Waals surface area contributed by atoms with Crippen molar-refractivity contribution >= 4 is 35.6 Å². The van der Waals surface area contributed by atoms with Crippen molar-refractivity contribution < 1.29 is 0 Å². The maximum atomic E-state index is 6.02. The quantitative estimate of drug-likeness (QED) is 0.434. The number of anilines is 1. The lowest BCUT2D eigenvalue weighted by Gasteiger charge is -2.28. The SMILES string of the molecule is CC(C)c1cccc(NC(N)=NCC2Cc3ccccc32)c1.I. The van der Waals surface area contributed by atoms with Crippen LogP contribution in [0.25, 0.3) is 0 Å². The molecule has 2 aromatic carbocycles. The highest BCUT2D eigenvalue weighted by molar-refractivity contribution is 14.0. The summed E-state index contributed by atoms with van der Waals surface area (Å²) in [5.41, 5.74) is 11.2. The van der Waals surface area contributed by atoms with Gasteiger partial charge >= 0.3 is 0 Å². The molecular weight excluding hydrogens is 397 g/mol. The first-order valence-corrected chi connectivity index (χ1v) is 7.88. The minimum Gasteiger partial charge on any atom is -0.370 e. The van der Waals surface area contributed by atoms with Crippen molar-refractivity contribution in [3.63, 3.8) is 0 Å². The van der Waals surface area contributed by atoms with E-state index in [1.54, 1.807) is 0 Å². The van der Waals surface area contributed by atoms with Crippen molar-refractivity contribution in [3.05, 3.63) is 65.2 Å². The van der Waals surface area contributed by atoms with Gasteiger partial charge in [-0.25, -0.2) is 0 Å². The van der Waals surface area contributed by atoms with Crippen molar-refractivity contribution in [2.24, 2.45) is 10.7 Å². The van der Waals surface area contributed by atoms with Crippen LogP contribution in [0.15, 0.2) is 53.5 Å². The summed E-state index contributed by atoms with van der Waals surface area (Å²) in [5.74, 6) is 1.51. The molecule has 3 rings (SSSR count). The molecule has 1 atom stereocenters. The molecule has 3 nitrogen and oxygen atoms in total. The molecule has 0 saturated carbocycles. The van der Waals surface area contributed by atoms with E-state index in [0.29, 0.717) is 17.8 Å². The maximum Gasteiger partial charge on any atom is 0.193 e. The van der Waals surface area contributed by atoms with Gasteiger partial charge in [-0.2, -0.15) is 0 Å². The average Bonchev–Trinajstić information content (AvgIpc) is 2.48. The molecule has 0 aromatic heterocycles. The van der Waals surface area contributed by atoms with Gasteiger partial charge in [0.2, 0.25) is 0 Å². The summed E-state index contributed by atoms with van der Waals surface area (Å²) >= 11 is 0. The number of fused-ring (bicyclic) bond motifs is 1. The molecule has 1 aliphatic rings. The largest absolute Gasteiger partial charge is 0.370 e. The second-order valence-corrected chi connectivity index (χ2v) is 6.23. The maximum absolute atomic E-state index is 6.02. The molecule has 0 spiro atoms. The fraction of sp³-hybridized carbons (Fsp3) is 0.316. The van der Waals surface area contributed by atoms with Crippen LogP contribution in [0, 0.1) is 0 Å². The molecule has 0 radical (unpaired) electrons. The number of guanidine groups is 1. The standard InChI is InChI=1S/C19H23N3.HI/c1-13(2)14-7-5-8-17(11-14)22-19(20)21-12-16-10-15-6-3-4-9-18(15)16;/h3-9,11,13,16H,10,12H2,1-2H3,(H3,20,21,22);1H. The molecule has 0 heterocycles. The highest BCUT2D eigenvalue weighted by Gasteiger charge is 2.24. The van der Waals surface area contributed by atoms with Crippen molar-refractivity contribution in [1.29, 1.82) is 0 Å². The summed E-state index contributed by atoms with van der Waals surface area (Å²) in [5, 5.41) is 3.19. The van der Waals surface area contributed by atoms with Gasteiger partial charge in [0, 0.05) is 18.2 Å². The lowest BCUT2D eigenvalue weighted by atomic mass is 9.78. The van der Waals surface area contributed by atoms with Gasteiger partial charge in [-0.1, -0.05) is 50.2 Å². The summed E-state index contributed by atoms with van der Waals surface area (Å²) < 4.78 is 0. The Kier molecular flexibility index (Phi) is 6.04. The molecule has 0 fully saturated rings. The van der Waals surface area contributed by atoms with E-state index < -0.39 is 0 Å². The predicted molar refractivity (Wildman–Crippen MR) is 109 cm³/mol. The molecule has 4 heteroatoms. The summed E-state index contributed by atoms with van der Waals surface area (Å²) in [6.45, 7) is 5.12. The first kappa shape index (κ1) is 17.8. The number of hydrogen-bond acceptors (Lipinski definition) is 1. The van der Waals surface area contributed by atoms with Crippen molar-refractivity contribution in [1.82, 2.24) is 0 Å². The van der Waals surface area contributed by atoms with Crippen molar-refractivity contribution in [3.8, 4) is 0 Å². The lowest BCUT2D eigenvalue weighted by molar-refractivity contribution is 0.619. The number of halogens is 1. The molecule has 3 N–H and O–H groups in total. The predicted octanol–water partition coefficient (Wildman–Crippen LogP) is 4.49. The highest BCUT2D eigenvalue weighted by atomic mass is 127. The van der Waals surface area contributed by atoms with Gasteiger partial charge in [-0.05, 0) is 41.2 Å². The molecule has 2 aromatic rings. The summed E-state index contributed by atoms with van der Waals surface area (Å²) in [6, 6.07) is 16.9. The first-order valence-electron chi connectivity index (χ1n) is 7.88. The summed E-state index contributed by atoms with van der Waals surface area (Å²) in [4.78, 5) is 4.50. The van der Waals surface area contributed by atoms with Crippen LogP contribution in [0.1, 0.15) is 42.4 Å². The van der Waals surface area contributed by atoms with E-state index >= 15 is 0 Å². The van der Waals surface area contributed by atoms with Crippen molar-refractivity contribution in [2.75, 3.05) is 11.9 Å². The summed E-state index contributed by atoms with van der Waals surface area (Å²) in [7, 11) is 0. The molecule has 0 bridgehead atoms. The molecule has 122 valence electrons. The van der Waals surface area contributed by atoms with Gasteiger partial charge in [0.05, 0.1) is 0 Å². The molecule has 1 aliphatic carbocycles. The topological polar surface area (TPSA) is 50.4 Å². The third kappa shape index (κ3) is 4.25. The van der Waals surface area contributed by atoms with E-state index in [4.69, 9.17) is 5.73 Å². The minimum atomic E-state index is 0. The number of nitrogens with zero attached hydrogens (tertiary/aromatic N) is 1. The number of rotatable bonds is 4. The van der Waals surface area contributed by atoms with E-state index in [1.165, 1.54) is 16.7 Å². The lowest BCUT2D eigenvalue weighted by Crippen LogP contribution is -2.26. The van der Waals surface area contributed by atoms with Crippen LogP contribution in [-0.4, -0.2) is 12.5 Å². The average molecular weight is 421 g/mol. The van der Waals surface area contributed by atoms with E-state index in [1.807, 2.05) is 12.1 Å². The monoisotopic (exact) mass is 421 g/mol. The van der Waals surface area contributed by atoms with Gasteiger partial charge in [0.25, 0.3) is 0 Å². The number of benzene rings is 2. The second-order valence-electron chi connectivity index (χ2n) is 6.23. The summed E-state index contributed by atoms with van der Waals surface area (Å²) in [6.07, 6.45) is 1.11. The first-order chi connectivity index (χ1) is 10.6. The normalized spacial score (nSPS) is 16.3. The van der Waals surface area contributed by atoms with E-state index in [-0.39, 0.29) is 24.0 Å². The van der Waals surface area contributed by atoms with Crippen LogP contribution in [0.2, 0.25) is 0 Å². The Balaban J connectivity index is 0.00000192.